The van der Waals surface area contributed by atoms with Crippen LogP contribution in [0.3, 0.4) is 0 Å². The topological polar surface area (TPSA) is 59.5 Å². The number of benzene rings is 1. The van der Waals surface area contributed by atoms with Crippen LogP contribution < -0.4 is 0 Å². The summed E-state index contributed by atoms with van der Waals surface area (Å²) in [5.74, 6) is 2.61. The highest BCUT2D eigenvalue weighted by molar-refractivity contribution is 5.85. The SMILES string of the molecule is CC[C@H]1C[C@@H]2C[C@H]3c4[nH]c5ccccc5c4CCN(C2)[C@@H]13.CO.CO. The van der Waals surface area contributed by atoms with Crippen LogP contribution in [0.15, 0.2) is 24.3 Å². The largest absolute Gasteiger partial charge is 0.400 e. The molecule has 2 aromatic rings. The van der Waals surface area contributed by atoms with E-state index in [1.54, 1.807) is 11.3 Å². The molecule has 0 spiro atoms. The first-order valence-electron chi connectivity index (χ1n) is 9.58. The number of aliphatic hydroxyl groups is 2. The van der Waals surface area contributed by atoms with Gasteiger partial charge in [-0.15, -0.1) is 0 Å². The molecule has 6 rings (SSSR count). The summed E-state index contributed by atoms with van der Waals surface area (Å²) >= 11 is 0. The molecule has 4 aliphatic rings. The molecule has 4 nitrogen and oxygen atoms in total. The first kappa shape index (κ1) is 18.4. The quantitative estimate of drug-likeness (QED) is 0.745. The average Bonchev–Trinajstić information content (AvgIpc) is 3.03. The summed E-state index contributed by atoms with van der Waals surface area (Å²) in [4.78, 5) is 6.65. The Morgan fingerprint density at radius 1 is 1.12 bits per heavy atom. The van der Waals surface area contributed by atoms with E-state index in [2.05, 4.69) is 41.1 Å². The van der Waals surface area contributed by atoms with Crippen LogP contribution in [-0.4, -0.2) is 53.4 Å². The molecule has 5 atom stereocenters. The monoisotopic (exact) mass is 344 g/mol. The second-order valence-corrected chi connectivity index (χ2v) is 7.41. The van der Waals surface area contributed by atoms with Gasteiger partial charge >= 0.3 is 0 Å². The van der Waals surface area contributed by atoms with E-state index in [1.807, 2.05) is 0 Å². The highest BCUT2D eigenvalue weighted by atomic mass is 16.2. The van der Waals surface area contributed by atoms with E-state index >= 15 is 0 Å². The van der Waals surface area contributed by atoms with E-state index in [0.717, 1.165) is 38.0 Å². The predicted molar refractivity (Wildman–Crippen MR) is 103 cm³/mol. The minimum atomic E-state index is 0.757. The summed E-state index contributed by atoms with van der Waals surface area (Å²) in [5, 5.41) is 15.5. The van der Waals surface area contributed by atoms with Gasteiger partial charge in [0.05, 0.1) is 0 Å². The lowest BCUT2D eigenvalue weighted by molar-refractivity contribution is -0.0134. The van der Waals surface area contributed by atoms with Crippen molar-refractivity contribution in [1.29, 1.82) is 0 Å². The van der Waals surface area contributed by atoms with E-state index in [-0.39, 0.29) is 0 Å². The number of aromatic amines is 1. The second kappa shape index (κ2) is 7.90. The molecule has 1 aromatic carbocycles. The first-order valence-corrected chi connectivity index (χ1v) is 9.58. The summed E-state index contributed by atoms with van der Waals surface area (Å²) in [5.41, 5.74) is 4.57. The summed E-state index contributed by atoms with van der Waals surface area (Å²) < 4.78 is 0. The summed E-state index contributed by atoms with van der Waals surface area (Å²) in [7, 11) is 2.00. The minimum absolute atomic E-state index is 0.757. The number of nitrogens with one attached hydrogen (secondary N) is 1. The Kier molecular flexibility index (Phi) is 5.82. The third-order valence-electron chi connectivity index (χ3n) is 6.42. The first-order chi connectivity index (χ1) is 12.3. The van der Waals surface area contributed by atoms with Crippen molar-refractivity contribution in [3.63, 3.8) is 0 Å². The maximum Gasteiger partial charge on any atom is 0.0459 e. The van der Waals surface area contributed by atoms with Gasteiger partial charge in [0.25, 0.3) is 0 Å². The number of H-pyrrole nitrogens is 1. The van der Waals surface area contributed by atoms with E-state index in [1.165, 1.54) is 49.7 Å². The van der Waals surface area contributed by atoms with Crippen molar-refractivity contribution < 1.29 is 10.2 Å². The molecule has 4 heterocycles. The zero-order chi connectivity index (χ0) is 18.0. The van der Waals surface area contributed by atoms with Crippen LogP contribution in [0.5, 0.6) is 0 Å². The molecule has 3 N–H and O–H groups in total. The van der Waals surface area contributed by atoms with Crippen molar-refractivity contribution in [2.24, 2.45) is 11.8 Å². The number of hydrogen-bond donors (Lipinski definition) is 3. The van der Waals surface area contributed by atoms with Gasteiger partial charge in [-0.2, -0.15) is 0 Å². The normalized spacial score (nSPS) is 32.0. The molecule has 25 heavy (non-hydrogen) atoms. The smallest absolute Gasteiger partial charge is 0.0459 e. The van der Waals surface area contributed by atoms with Crippen LogP contribution in [0.25, 0.3) is 10.9 Å². The molecule has 3 fully saturated rings. The Morgan fingerprint density at radius 2 is 1.88 bits per heavy atom. The summed E-state index contributed by atoms with van der Waals surface area (Å²) in [6, 6.07) is 9.71. The third-order valence-corrected chi connectivity index (χ3v) is 6.42. The molecule has 1 unspecified atom stereocenters. The van der Waals surface area contributed by atoms with Gasteiger partial charge in [-0.1, -0.05) is 31.5 Å². The predicted octanol–water partition coefficient (Wildman–Crippen LogP) is 3.15. The molecule has 138 valence electrons. The van der Waals surface area contributed by atoms with E-state index in [9.17, 15) is 0 Å². The molecule has 2 saturated heterocycles. The Labute approximate surface area is 150 Å². The molecule has 0 amide bonds. The van der Waals surface area contributed by atoms with E-state index < -0.39 is 0 Å². The van der Waals surface area contributed by atoms with Crippen LogP contribution in [0.4, 0.5) is 0 Å². The third kappa shape index (κ3) is 3.01. The zero-order valence-electron chi connectivity index (χ0n) is 15.7. The molecule has 3 aliphatic heterocycles. The lowest BCUT2D eigenvalue weighted by Crippen LogP contribution is -2.56. The van der Waals surface area contributed by atoms with Crippen LogP contribution in [0.1, 0.15) is 43.4 Å². The number of aromatic nitrogens is 1. The van der Waals surface area contributed by atoms with Crippen LogP contribution in [0.2, 0.25) is 0 Å². The van der Waals surface area contributed by atoms with Gasteiger partial charge in [-0.05, 0) is 42.7 Å². The van der Waals surface area contributed by atoms with E-state index in [0.29, 0.717) is 0 Å². The van der Waals surface area contributed by atoms with Crippen molar-refractivity contribution in [2.75, 3.05) is 27.3 Å². The van der Waals surface area contributed by atoms with Crippen LogP contribution >= 0.6 is 0 Å². The maximum atomic E-state index is 7.00. The molecular weight excluding hydrogens is 312 g/mol. The minimum Gasteiger partial charge on any atom is -0.400 e. The van der Waals surface area contributed by atoms with Crippen LogP contribution in [0, 0.1) is 11.8 Å². The highest BCUT2D eigenvalue weighted by Crippen LogP contribution is 2.50. The average molecular weight is 344 g/mol. The van der Waals surface area contributed by atoms with Gasteiger partial charge in [-0.25, -0.2) is 0 Å². The van der Waals surface area contributed by atoms with Crippen molar-refractivity contribution >= 4 is 10.9 Å². The van der Waals surface area contributed by atoms with Gasteiger partial charge in [-0.3, -0.25) is 4.90 Å². The molecule has 4 bridgehead atoms. The van der Waals surface area contributed by atoms with Gasteiger partial charge in [0.2, 0.25) is 0 Å². The Hall–Kier alpha value is -1.36. The van der Waals surface area contributed by atoms with Crippen molar-refractivity contribution in [3.8, 4) is 0 Å². The Morgan fingerprint density at radius 3 is 2.64 bits per heavy atom. The molecule has 4 heteroatoms. The second-order valence-electron chi connectivity index (χ2n) is 7.41. The summed E-state index contributed by atoms with van der Waals surface area (Å²) in [6.07, 6.45) is 5.47. The Balaban J connectivity index is 0.000000428. The number of fused-ring (bicyclic) bond motifs is 4. The van der Waals surface area contributed by atoms with Gasteiger partial charge in [0.1, 0.15) is 0 Å². The zero-order valence-corrected chi connectivity index (χ0v) is 15.7. The van der Waals surface area contributed by atoms with Gasteiger partial charge < -0.3 is 15.2 Å². The number of rotatable bonds is 1. The lowest BCUT2D eigenvalue weighted by atomic mass is 9.65. The molecule has 1 saturated carbocycles. The number of aliphatic hydroxyl groups excluding tert-OH is 2. The number of para-hydroxylation sites is 1. The van der Waals surface area contributed by atoms with Gasteiger partial charge in [0.15, 0.2) is 0 Å². The molecular formula is C21H32N2O2. The van der Waals surface area contributed by atoms with E-state index in [4.69, 9.17) is 10.2 Å². The highest BCUT2D eigenvalue weighted by Gasteiger charge is 2.48. The fourth-order valence-electron chi connectivity index (χ4n) is 5.65. The van der Waals surface area contributed by atoms with Crippen LogP contribution in [-0.2, 0) is 6.42 Å². The number of hydrogen-bond acceptors (Lipinski definition) is 3. The molecule has 1 aliphatic carbocycles. The molecule has 1 aromatic heterocycles. The number of nitrogens with zero attached hydrogens (tertiary/aromatic N) is 1. The Bertz CT molecular complexity index is 696. The van der Waals surface area contributed by atoms with Crippen molar-refractivity contribution in [2.45, 2.75) is 44.6 Å². The maximum absolute atomic E-state index is 7.00. The summed E-state index contributed by atoms with van der Waals surface area (Å²) in [6.45, 7) is 5.02. The fourth-order valence-corrected chi connectivity index (χ4v) is 5.65. The number of piperidine rings is 2. The fraction of sp³-hybridized carbons (Fsp3) is 0.619. The standard InChI is InChI=1S/C19H24N2.2CH4O/c1-2-13-9-12-10-16-18-15(7-8-21(11-12)19(13)16)14-5-3-4-6-17(14)20-18;2*1-2/h3-6,12-13,16,19-20H,2,7-11H2,1H3;2*2H,1H3/t12-,13+,16+,19+;;/m1../s1. The van der Waals surface area contributed by atoms with Crippen molar-refractivity contribution in [3.05, 3.63) is 35.5 Å². The molecule has 0 radical (unpaired) electrons. The van der Waals surface area contributed by atoms with Gasteiger partial charge in [0, 0.05) is 55.9 Å². The van der Waals surface area contributed by atoms with Crippen molar-refractivity contribution in [1.82, 2.24) is 9.88 Å². The lowest BCUT2D eigenvalue weighted by Gasteiger charge is -2.53.